The summed E-state index contributed by atoms with van der Waals surface area (Å²) < 4.78 is 0. The van der Waals surface area contributed by atoms with Crippen molar-refractivity contribution in [1.29, 1.82) is 0 Å². The van der Waals surface area contributed by atoms with Gasteiger partial charge in [-0.3, -0.25) is 4.90 Å². The highest BCUT2D eigenvalue weighted by Gasteiger charge is 2.20. The highest BCUT2D eigenvalue weighted by Crippen LogP contribution is 2.22. The Morgan fingerprint density at radius 3 is 2.94 bits per heavy atom. The first-order valence-electron chi connectivity index (χ1n) is 5.71. The summed E-state index contributed by atoms with van der Waals surface area (Å²) in [6.07, 6.45) is 7.98. The second kappa shape index (κ2) is 5.49. The van der Waals surface area contributed by atoms with E-state index in [1.165, 1.54) is 22.6 Å². The Morgan fingerprint density at radius 2 is 2.25 bits per heavy atom. The summed E-state index contributed by atoms with van der Waals surface area (Å²) in [6, 6.07) is 5.22. The predicted molar refractivity (Wildman–Crippen MR) is 69.3 cm³/mol. The Morgan fingerprint density at radius 1 is 1.50 bits per heavy atom. The number of thiophene rings is 1. The van der Waals surface area contributed by atoms with Gasteiger partial charge in [0.15, 0.2) is 0 Å². The maximum Gasteiger partial charge on any atom is 0.0599 e. The monoisotopic (exact) mass is 234 g/mol. The number of rotatable bonds is 6. The van der Waals surface area contributed by atoms with Gasteiger partial charge in [-0.05, 0) is 32.0 Å². The molecule has 0 saturated heterocycles. The second-order valence-corrected chi connectivity index (χ2v) is 5.65. The molecule has 0 spiro atoms. The van der Waals surface area contributed by atoms with Gasteiger partial charge < -0.3 is 5.32 Å². The van der Waals surface area contributed by atoms with Crippen LogP contribution in [0.25, 0.3) is 0 Å². The van der Waals surface area contributed by atoms with E-state index in [4.69, 9.17) is 6.42 Å². The molecule has 1 aliphatic carbocycles. The fraction of sp³-hybridized carbons (Fsp3) is 0.538. The Hall–Kier alpha value is -0.820. The zero-order valence-electron chi connectivity index (χ0n) is 9.70. The van der Waals surface area contributed by atoms with Gasteiger partial charge in [-0.25, -0.2) is 0 Å². The van der Waals surface area contributed by atoms with Crippen molar-refractivity contribution in [3.8, 4) is 12.3 Å². The molecule has 1 saturated carbocycles. The highest BCUT2D eigenvalue weighted by atomic mass is 32.1. The number of nitrogens with zero attached hydrogens (tertiary/aromatic N) is 1. The van der Waals surface area contributed by atoms with E-state index in [2.05, 4.69) is 35.3 Å². The molecule has 1 aliphatic rings. The van der Waals surface area contributed by atoms with Crippen LogP contribution in [0.3, 0.4) is 0 Å². The van der Waals surface area contributed by atoms with Crippen LogP contribution in [0, 0.1) is 12.3 Å². The molecule has 0 aliphatic heterocycles. The summed E-state index contributed by atoms with van der Waals surface area (Å²) in [5.41, 5.74) is 0. The molecule has 1 fully saturated rings. The first-order chi connectivity index (χ1) is 7.78. The molecule has 1 aromatic heterocycles. The topological polar surface area (TPSA) is 15.3 Å². The minimum absolute atomic E-state index is 0.716. The molecular weight excluding hydrogens is 216 g/mol. The molecule has 0 bridgehead atoms. The first-order valence-corrected chi connectivity index (χ1v) is 6.52. The van der Waals surface area contributed by atoms with E-state index in [1.54, 1.807) is 0 Å². The van der Waals surface area contributed by atoms with Crippen LogP contribution in [0.2, 0.25) is 0 Å². The largest absolute Gasteiger partial charge is 0.309 e. The van der Waals surface area contributed by atoms with Gasteiger partial charge in [-0.2, -0.15) is 0 Å². The van der Waals surface area contributed by atoms with Gasteiger partial charge in [0.05, 0.1) is 6.54 Å². The van der Waals surface area contributed by atoms with Crippen LogP contribution in [-0.4, -0.2) is 24.5 Å². The van der Waals surface area contributed by atoms with Crippen LogP contribution in [-0.2, 0) is 13.1 Å². The standard InChI is InChI=1S/C13H18N2S/c1-3-8-15(2)10-13-7-6-12(16-13)9-14-11-4-5-11/h1,6-7,11,14H,4-5,8-10H2,2H3. The summed E-state index contributed by atoms with van der Waals surface area (Å²) in [6.45, 7) is 2.69. The number of terminal acetylenes is 1. The Bertz CT molecular complexity index is 374. The van der Waals surface area contributed by atoms with Crippen molar-refractivity contribution >= 4 is 11.3 Å². The lowest BCUT2D eigenvalue weighted by atomic mass is 10.4. The number of nitrogens with one attached hydrogen (secondary N) is 1. The summed E-state index contributed by atoms with van der Waals surface area (Å²) in [7, 11) is 2.06. The van der Waals surface area contributed by atoms with Gasteiger partial charge in [-0.1, -0.05) is 5.92 Å². The van der Waals surface area contributed by atoms with Crippen LogP contribution < -0.4 is 5.32 Å². The van der Waals surface area contributed by atoms with Crippen molar-refractivity contribution in [3.05, 3.63) is 21.9 Å². The zero-order valence-corrected chi connectivity index (χ0v) is 10.5. The molecule has 0 aromatic carbocycles. The molecule has 3 heteroatoms. The van der Waals surface area contributed by atoms with Crippen molar-refractivity contribution in [2.45, 2.75) is 32.0 Å². The Kier molecular flexibility index (Phi) is 4.00. The molecule has 1 heterocycles. The van der Waals surface area contributed by atoms with Gasteiger partial charge >= 0.3 is 0 Å². The predicted octanol–water partition coefficient (Wildman–Crippen LogP) is 2.07. The van der Waals surface area contributed by atoms with E-state index in [0.717, 1.165) is 19.1 Å². The third-order valence-corrected chi connectivity index (χ3v) is 3.72. The summed E-state index contributed by atoms with van der Waals surface area (Å²) in [4.78, 5) is 4.98. The molecule has 0 unspecified atom stereocenters. The average molecular weight is 234 g/mol. The second-order valence-electron chi connectivity index (χ2n) is 4.40. The van der Waals surface area contributed by atoms with Gasteiger partial charge in [-0.15, -0.1) is 17.8 Å². The Balaban J connectivity index is 1.79. The summed E-state index contributed by atoms with van der Waals surface area (Å²) in [5.74, 6) is 2.66. The zero-order chi connectivity index (χ0) is 11.4. The normalized spacial score (nSPS) is 15.3. The summed E-state index contributed by atoms with van der Waals surface area (Å²) in [5, 5.41) is 3.53. The van der Waals surface area contributed by atoms with E-state index < -0.39 is 0 Å². The maximum atomic E-state index is 5.28. The van der Waals surface area contributed by atoms with E-state index in [0.29, 0.717) is 6.54 Å². The molecule has 1 N–H and O–H groups in total. The third-order valence-electron chi connectivity index (χ3n) is 2.65. The van der Waals surface area contributed by atoms with Crippen LogP contribution in [0.5, 0.6) is 0 Å². The molecule has 2 nitrogen and oxygen atoms in total. The lowest BCUT2D eigenvalue weighted by Gasteiger charge is -2.10. The van der Waals surface area contributed by atoms with Crippen molar-refractivity contribution < 1.29 is 0 Å². The molecule has 0 radical (unpaired) electrons. The molecule has 0 amide bonds. The minimum atomic E-state index is 0.716. The lowest BCUT2D eigenvalue weighted by Crippen LogP contribution is -2.17. The Labute approximate surface area is 102 Å². The lowest BCUT2D eigenvalue weighted by molar-refractivity contribution is 0.372. The molecular formula is C13H18N2S. The van der Waals surface area contributed by atoms with Crippen LogP contribution >= 0.6 is 11.3 Å². The maximum absolute atomic E-state index is 5.28. The van der Waals surface area contributed by atoms with Crippen molar-refractivity contribution in [2.75, 3.05) is 13.6 Å². The van der Waals surface area contributed by atoms with E-state index in [-0.39, 0.29) is 0 Å². The van der Waals surface area contributed by atoms with Crippen molar-refractivity contribution in [2.24, 2.45) is 0 Å². The molecule has 0 atom stereocenters. The molecule has 1 aromatic rings. The number of hydrogen-bond donors (Lipinski definition) is 1. The van der Waals surface area contributed by atoms with E-state index in [1.807, 2.05) is 11.3 Å². The van der Waals surface area contributed by atoms with Crippen LogP contribution in [0.4, 0.5) is 0 Å². The number of hydrogen-bond acceptors (Lipinski definition) is 3. The third kappa shape index (κ3) is 3.64. The van der Waals surface area contributed by atoms with Crippen molar-refractivity contribution in [3.63, 3.8) is 0 Å². The molecule has 16 heavy (non-hydrogen) atoms. The van der Waals surface area contributed by atoms with E-state index >= 15 is 0 Å². The van der Waals surface area contributed by atoms with Gasteiger partial charge in [0.2, 0.25) is 0 Å². The van der Waals surface area contributed by atoms with Gasteiger partial charge in [0, 0.05) is 28.9 Å². The van der Waals surface area contributed by atoms with Crippen LogP contribution in [0.15, 0.2) is 12.1 Å². The highest BCUT2D eigenvalue weighted by molar-refractivity contribution is 7.11. The fourth-order valence-corrected chi connectivity index (χ4v) is 2.66. The quantitative estimate of drug-likeness (QED) is 0.758. The van der Waals surface area contributed by atoms with Crippen LogP contribution in [0.1, 0.15) is 22.6 Å². The van der Waals surface area contributed by atoms with E-state index in [9.17, 15) is 0 Å². The summed E-state index contributed by atoms with van der Waals surface area (Å²) >= 11 is 1.88. The fourth-order valence-electron chi connectivity index (χ4n) is 1.61. The molecule has 2 rings (SSSR count). The first kappa shape index (κ1) is 11.7. The average Bonchev–Trinajstić information content (AvgIpc) is 2.98. The van der Waals surface area contributed by atoms with Gasteiger partial charge in [0.1, 0.15) is 0 Å². The smallest absolute Gasteiger partial charge is 0.0599 e. The SMILES string of the molecule is C#CCN(C)Cc1ccc(CNC2CC2)s1. The molecule has 86 valence electrons. The van der Waals surface area contributed by atoms with Crippen molar-refractivity contribution in [1.82, 2.24) is 10.2 Å². The minimum Gasteiger partial charge on any atom is -0.309 e. The van der Waals surface area contributed by atoms with Gasteiger partial charge in [0.25, 0.3) is 0 Å².